The first-order chi connectivity index (χ1) is 13.0. The van der Waals surface area contributed by atoms with Crippen molar-refractivity contribution in [3.8, 4) is 0 Å². The molecule has 1 fully saturated rings. The predicted octanol–water partition coefficient (Wildman–Crippen LogP) is 4.19. The molecular weight excluding hydrogens is 489 g/mol. The van der Waals surface area contributed by atoms with Crippen LogP contribution in [0.25, 0.3) is 0 Å². The zero-order valence-electron chi connectivity index (χ0n) is 17.5. The minimum atomic E-state index is -0.0480. The van der Waals surface area contributed by atoms with Crippen LogP contribution < -0.4 is 5.32 Å². The summed E-state index contributed by atoms with van der Waals surface area (Å²) in [5.41, 5.74) is 1.20. The van der Waals surface area contributed by atoms with Crippen LogP contribution in [0.2, 0.25) is 5.02 Å². The molecule has 0 bridgehead atoms. The number of nitrogens with zero attached hydrogens (tertiary/aromatic N) is 2. The number of nitrogens with one attached hydrogen (secondary N) is 1. The van der Waals surface area contributed by atoms with Crippen LogP contribution in [0.1, 0.15) is 32.8 Å². The fourth-order valence-electron chi connectivity index (χ4n) is 3.24. The van der Waals surface area contributed by atoms with Crippen LogP contribution in [0.3, 0.4) is 0 Å². The number of hydrogen-bond donors (Lipinski definition) is 1. The molecule has 1 aliphatic heterocycles. The second-order valence-corrected chi connectivity index (χ2v) is 8.17. The summed E-state index contributed by atoms with van der Waals surface area (Å²) < 4.78 is 10.7. The molecule has 0 aliphatic carbocycles. The standard InChI is InChI=1S/C21H34ClN3O2.HI/c1-5-23-20(25-11-10-17(14-25)15-27-13-12-26-4)24-16-21(2,3)18-6-8-19(22)9-7-18;/h6-9,17H,5,10-16H2,1-4H3,(H,23,24);1H. The zero-order valence-corrected chi connectivity index (χ0v) is 20.6. The minimum absolute atomic E-state index is 0. The Morgan fingerprint density at radius 3 is 2.64 bits per heavy atom. The van der Waals surface area contributed by atoms with Crippen LogP contribution >= 0.6 is 35.6 Å². The maximum Gasteiger partial charge on any atom is 0.193 e. The van der Waals surface area contributed by atoms with E-state index < -0.39 is 0 Å². The first kappa shape index (κ1) is 25.5. The highest BCUT2D eigenvalue weighted by Crippen LogP contribution is 2.25. The molecule has 1 aliphatic rings. The minimum Gasteiger partial charge on any atom is -0.382 e. The van der Waals surface area contributed by atoms with Crippen molar-refractivity contribution in [2.75, 3.05) is 53.1 Å². The Morgan fingerprint density at radius 2 is 2.00 bits per heavy atom. The molecule has 0 aromatic heterocycles. The fourth-order valence-corrected chi connectivity index (χ4v) is 3.37. The van der Waals surface area contributed by atoms with Crippen LogP contribution in [-0.4, -0.2) is 64.0 Å². The molecule has 0 radical (unpaired) electrons. The van der Waals surface area contributed by atoms with Crippen molar-refractivity contribution < 1.29 is 9.47 Å². The van der Waals surface area contributed by atoms with Crippen LogP contribution in [0.5, 0.6) is 0 Å². The van der Waals surface area contributed by atoms with Crippen molar-refractivity contribution >= 4 is 41.5 Å². The number of methoxy groups -OCH3 is 1. The molecule has 1 aromatic rings. The molecular formula is C21H35ClIN3O2. The number of hydrogen-bond acceptors (Lipinski definition) is 3. The molecule has 1 atom stereocenters. The van der Waals surface area contributed by atoms with Gasteiger partial charge in [-0.25, -0.2) is 0 Å². The molecule has 2 rings (SSSR count). The average molecular weight is 524 g/mol. The smallest absolute Gasteiger partial charge is 0.193 e. The summed E-state index contributed by atoms with van der Waals surface area (Å²) in [7, 11) is 1.70. The van der Waals surface area contributed by atoms with Crippen molar-refractivity contribution in [2.24, 2.45) is 10.9 Å². The Balaban J connectivity index is 0.00000392. The van der Waals surface area contributed by atoms with E-state index in [0.29, 0.717) is 19.1 Å². The largest absolute Gasteiger partial charge is 0.382 e. The van der Waals surface area contributed by atoms with Gasteiger partial charge in [0.05, 0.1) is 26.4 Å². The van der Waals surface area contributed by atoms with Gasteiger partial charge < -0.3 is 19.7 Å². The Labute approximate surface area is 192 Å². The number of halogens is 2. The van der Waals surface area contributed by atoms with Gasteiger partial charge >= 0.3 is 0 Å². The van der Waals surface area contributed by atoms with Crippen molar-refractivity contribution in [2.45, 2.75) is 32.6 Å². The molecule has 0 amide bonds. The highest BCUT2D eigenvalue weighted by atomic mass is 127. The van der Waals surface area contributed by atoms with E-state index in [0.717, 1.165) is 50.2 Å². The molecule has 1 unspecified atom stereocenters. The second kappa shape index (κ2) is 12.9. The van der Waals surface area contributed by atoms with E-state index >= 15 is 0 Å². The molecule has 0 spiro atoms. The van der Waals surface area contributed by atoms with Gasteiger partial charge in [0.2, 0.25) is 0 Å². The lowest BCUT2D eigenvalue weighted by atomic mass is 9.85. The Hall–Kier alpha value is -0.570. The van der Waals surface area contributed by atoms with Gasteiger partial charge in [-0.3, -0.25) is 4.99 Å². The Kier molecular flexibility index (Phi) is 11.7. The van der Waals surface area contributed by atoms with Gasteiger partial charge in [-0.2, -0.15) is 0 Å². The van der Waals surface area contributed by atoms with Crippen molar-refractivity contribution in [3.05, 3.63) is 34.9 Å². The molecule has 0 saturated carbocycles. The predicted molar refractivity (Wildman–Crippen MR) is 128 cm³/mol. The van der Waals surface area contributed by atoms with Crippen LogP contribution in [0, 0.1) is 5.92 Å². The van der Waals surface area contributed by atoms with Gasteiger partial charge in [0.25, 0.3) is 0 Å². The number of ether oxygens (including phenoxy) is 2. The molecule has 1 heterocycles. The van der Waals surface area contributed by atoms with Gasteiger partial charge in [0.1, 0.15) is 0 Å². The van der Waals surface area contributed by atoms with Gasteiger partial charge in [0, 0.05) is 43.1 Å². The number of likely N-dealkylation sites (tertiary alicyclic amines) is 1. The number of guanidine groups is 1. The summed E-state index contributed by atoms with van der Waals surface area (Å²) in [6.07, 6.45) is 1.14. The third kappa shape index (κ3) is 8.05. The number of aliphatic imine (C=N–C) groups is 1. The van der Waals surface area contributed by atoms with Gasteiger partial charge in [-0.1, -0.05) is 37.6 Å². The zero-order chi connectivity index (χ0) is 19.7. The lowest BCUT2D eigenvalue weighted by Gasteiger charge is -2.26. The first-order valence-corrected chi connectivity index (χ1v) is 10.2. The van der Waals surface area contributed by atoms with E-state index in [2.05, 4.69) is 43.1 Å². The molecule has 7 heteroatoms. The molecule has 1 N–H and O–H groups in total. The molecule has 5 nitrogen and oxygen atoms in total. The van der Waals surface area contributed by atoms with Crippen molar-refractivity contribution in [1.29, 1.82) is 0 Å². The van der Waals surface area contributed by atoms with Crippen molar-refractivity contribution in [1.82, 2.24) is 10.2 Å². The topological polar surface area (TPSA) is 46.1 Å². The van der Waals surface area contributed by atoms with Gasteiger partial charge in [-0.15, -0.1) is 24.0 Å². The van der Waals surface area contributed by atoms with E-state index in [9.17, 15) is 0 Å². The summed E-state index contributed by atoms with van der Waals surface area (Å²) in [6.45, 7) is 12.3. The fraction of sp³-hybridized carbons (Fsp3) is 0.667. The summed E-state index contributed by atoms with van der Waals surface area (Å²) in [4.78, 5) is 7.30. The molecule has 160 valence electrons. The summed E-state index contributed by atoms with van der Waals surface area (Å²) in [5.74, 6) is 1.55. The van der Waals surface area contributed by atoms with E-state index in [1.54, 1.807) is 7.11 Å². The van der Waals surface area contributed by atoms with Crippen LogP contribution in [0.15, 0.2) is 29.3 Å². The monoisotopic (exact) mass is 523 g/mol. The Morgan fingerprint density at radius 1 is 1.29 bits per heavy atom. The quantitative estimate of drug-likeness (QED) is 0.228. The van der Waals surface area contributed by atoms with Crippen molar-refractivity contribution in [3.63, 3.8) is 0 Å². The summed E-state index contributed by atoms with van der Waals surface area (Å²) >= 11 is 6.02. The lowest BCUT2D eigenvalue weighted by molar-refractivity contribution is 0.0536. The molecule has 1 aromatic carbocycles. The third-order valence-electron chi connectivity index (χ3n) is 4.96. The maximum absolute atomic E-state index is 6.02. The normalized spacial score (nSPS) is 17.5. The average Bonchev–Trinajstić information content (AvgIpc) is 3.11. The molecule has 28 heavy (non-hydrogen) atoms. The van der Waals surface area contributed by atoms with Crippen LogP contribution in [-0.2, 0) is 14.9 Å². The second-order valence-electron chi connectivity index (χ2n) is 7.73. The lowest BCUT2D eigenvalue weighted by Crippen LogP contribution is -2.41. The van der Waals surface area contributed by atoms with E-state index in [1.807, 2.05) is 12.1 Å². The SMILES string of the molecule is CCNC(=NCC(C)(C)c1ccc(Cl)cc1)N1CCC(COCCOC)C1.I. The molecule has 1 saturated heterocycles. The van der Waals surface area contributed by atoms with E-state index in [-0.39, 0.29) is 29.4 Å². The third-order valence-corrected chi connectivity index (χ3v) is 5.21. The van der Waals surface area contributed by atoms with E-state index in [4.69, 9.17) is 26.1 Å². The van der Waals surface area contributed by atoms with Crippen LogP contribution in [0.4, 0.5) is 0 Å². The van der Waals surface area contributed by atoms with E-state index in [1.165, 1.54) is 5.56 Å². The Bertz CT molecular complexity index is 596. The maximum atomic E-state index is 6.02. The highest BCUT2D eigenvalue weighted by Gasteiger charge is 2.26. The number of rotatable bonds is 9. The summed E-state index contributed by atoms with van der Waals surface area (Å²) in [6, 6.07) is 8.08. The van der Waals surface area contributed by atoms with Gasteiger partial charge in [-0.05, 0) is 31.0 Å². The number of benzene rings is 1. The summed E-state index contributed by atoms with van der Waals surface area (Å²) in [5, 5.41) is 4.21. The first-order valence-electron chi connectivity index (χ1n) is 9.82. The van der Waals surface area contributed by atoms with Gasteiger partial charge in [0.15, 0.2) is 5.96 Å². The highest BCUT2D eigenvalue weighted by molar-refractivity contribution is 14.0.